The van der Waals surface area contributed by atoms with E-state index in [1.54, 1.807) is 18.2 Å². The Morgan fingerprint density at radius 3 is 2.43 bits per heavy atom. The highest BCUT2D eigenvalue weighted by Gasteiger charge is 2.17. The fraction of sp³-hybridized carbons (Fsp3) is 0.308. The van der Waals surface area contributed by atoms with Gasteiger partial charge in [-0.1, -0.05) is 12.2 Å². The second-order valence-corrected chi connectivity index (χ2v) is 4.53. The van der Waals surface area contributed by atoms with Gasteiger partial charge in [-0.05, 0) is 19.1 Å². The lowest BCUT2D eigenvalue weighted by atomic mass is 10.2. The van der Waals surface area contributed by atoms with Crippen LogP contribution in [0.1, 0.15) is 12.5 Å². The molecular formula is C13H17N3O4S. The molecule has 1 aromatic carbocycles. The Balaban J connectivity index is 2.86. The first-order valence-corrected chi connectivity index (χ1v) is 6.46. The highest BCUT2D eigenvalue weighted by molar-refractivity contribution is 7.80. The zero-order chi connectivity index (χ0) is 16.0. The first kappa shape index (κ1) is 16.7. The molecule has 0 saturated heterocycles. The molecule has 0 radical (unpaired) electrons. The normalized spacial score (nSPS) is 11.2. The molecular weight excluding hydrogens is 294 g/mol. The standard InChI is InChI=1S/C13H17N3O4S/c1-7(12(17)16-13(18)15-2)20-10-5-8(11(14)21)4-9(6-10)19-3/h4-7H,1-3H3,(H2,14,21)(H2,15,16,17,18). The van der Waals surface area contributed by atoms with Crippen molar-refractivity contribution in [1.82, 2.24) is 10.6 Å². The van der Waals surface area contributed by atoms with E-state index in [4.69, 9.17) is 27.4 Å². The van der Waals surface area contributed by atoms with Crippen LogP contribution in [0.15, 0.2) is 18.2 Å². The van der Waals surface area contributed by atoms with Crippen molar-refractivity contribution in [2.24, 2.45) is 5.73 Å². The molecule has 7 nitrogen and oxygen atoms in total. The number of rotatable bonds is 5. The van der Waals surface area contributed by atoms with Gasteiger partial charge in [0, 0.05) is 18.7 Å². The minimum absolute atomic E-state index is 0.182. The lowest BCUT2D eigenvalue weighted by Crippen LogP contribution is -2.43. The Labute approximate surface area is 127 Å². The van der Waals surface area contributed by atoms with Crippen LogP contribution >= 0.6 is 12.2 Å². The number of nitrogens with two attached hydrogens (primary N) is 1. The molecule has 8 heteroatoms. The van der Waals surface area contributed by atoms with Gasteiger partial charge in [-0.15, -0.1) is 0 Å². The Kier molecular flexibility index (Phi) is 5.92. The molecule has 3 amide bonds. The number of hydrogen-bond donors (Lipinski definition) is 3. The largest absolute Gasteiger partial charge is 0.497 e. The molecule has 0 fully saturated rings. The quantitative estimate of drug-likeness (QED) is 0.686. The Morgan fingerprint density at radius 1 is 1.29 bits per heavy atom. The molecule has 0 aliphatic heterocycles. The van der Waals surface area contributed by atoms with Gasteiger partial charge in [0.15, 0.2) is 6.10 Å². The summed E-state index contributed by atoms with van der Waals surface area (Å²) in [5, 5.41) is 4.40. The molecule has 0 aliphatic rings. The van der Waals surface area contributed by atoms with Crippen LogP contribution in [0, 0.1) is 0 Å². The summed E-state index contributed by atoms with van der Waals surface area (Å²) < 4.78 is 10.6. The topological polar surface area (TPSA) is 103 Å². The van der Waals surface area contributed by atoms with Crippen LogP contribution in [0.3, 0.4) is 0 Å². The highest BCUT2D eigenvalue weighted by atomic mass is 32.1. The fourth-order valence-electron chi connectivity index (χ4n) is 1.43. The number of hydrogen-bond acceptors (Lipinski definition) is 5. The van der Waals surface area contributed by atoms with Gasteiger partial charge in [0.25, 0.3) is 5.91 Å². The molecule has 0 bridgehead atoms. The first-order chi connectivity index (χ1) is 9.87. The van der Waals surface area contributed by atoms with Crippen molar-refractivity contribution in [2.45, 2.75) is 13.0 Å². The summed E-state index contributed by atoms with van der Waals surface area (Å²) in [6.07, 6.45) is -0.881. The number of carbonyl (C=O) groups is 2. The maximum absolute atomic E-state index is 11.7. The average molecular weight is 311 g/mol. The van der Waals surface area contributed by atoms with Gasteiger partial charge in [0.1, 0.15) is 16.5 Å². The van der Waals surface area contributed by atoms with Crippen LogP contribution in [0.2, 0.25) is 0 Å². The zero-order valence-corrected chi connectivity index (χ0v) is 12.7. The van der Waals surface area contributed by atoms with E-state index >= 15 is 0 Å². The molecule has 4 N–H and O–H groups in total. The van der Waals surface area contributed by atoms with E-state index < -0.39 is 18.0 Å². The molecule has 0 spiro atoms. The van der Waals surface area contributed by atoms with E-state index in [9.17, 15) is 9.59 Å². The summed E-state index contributed by atoms with van der Waals surface area (Å²) in [6.45, 7) is 1.51. The molecule has 1 aromatic rings. The van der Waals surface area contributed by atoms with Crippen molar-refractivity contribution in [2.75, 3.05) is 14.2 Å². The van der Waals surface area contributed by atoms with Crippen LogP contribution in [-0.2, 0) is 4.79 Å². The number of imide groups is 1. The Hall–Kier alpha value is -2.35. The summed E-state index contributed by atoms with van der Waals surface area (Å²) in [5.41, 5.74) is 6.12. The summed E-state index contributed by atoms with van der Waals surface area (Å²) >= 11 is 4.90. The third-order valence-electron chi connectivity index (χ3n) is 2.55. The molecule has 0 saturated carbocycles. The summed E-state index contributed by atoms with van der Waals surface area (Å²) in [7, 11) is 2.90. The van der Waals surface area contributed by atoms with Gasteiger partial charge in [-0.25, -0.2) is 4.79 Å². The molecule has 0 heterocycles. The molecule has 21 heavy (non-hydrogen) atoms. The molecule has 1 atom stereocenters. The number of ether oxygens (including phenoxy) is 2. The lowest BCUT2D eigenvalue weighted by Gasteiger charge is -2.15. The SMILES string of the molecule is CNC(=O)NC(=O)C(C)Oc1cc(OC)cc(C(N)=S)c1. The van der Waals surface area contributed by atoms with Gasteiger partial charge in [-0.2, -0.15) is 0 Å². The number of nitrogens with one attached hydrogen (secondary N) is 2. The summed E-state index contributed by atoms with van der Waals surface area (Å²) in [6, 6.07) is 4.23. The Bertz CT molecular complexity index is 562. The molecule has 1 unspecified atom stereocenters. The average Bonchev–Trinajstić information content (AvgIpc) is 2.46. The number of benzene rings is 1. The maximum atomic E-state index is 11.7. The van der Waals surface area contributed by atoms with Crippen molar-refractivity contribution in [1.29, 1.82) is 0 Å². The van der Waals surface area contributed by atoms with Crippen molar-refractivity contribution in [3.05, 3.63) is 23.8 Å². The van der Waals surface area contributed by atoms with E-state index in [1.807, 2.05) is 0 Å². The van der Waals surface area contributed by atoms with Gasteiger partial charge < -0.3 is 20.5 Å². The number of amides is 3. The highest BCUT2D eigenvalue weighted by Crippen LogP contribution is 2.23. The van der Waals surface area contributed by atoms with Crippen molar-refractivity contribution in [3.8, 4) is 11.5 Å². The molecule has 1 rings (SSSR count). The Morgan fingerprint density at radius 2 is 1.90 bits per heavy atom. The smallest absolute Gasteiger partial charge is 0.321 e. The van der Waals surface area contributed by atoms with Crippen LogP contribution in [-0.4, -0.2) is 37.2 Å². The number of carbonyl (C=O) groups excluding carboxylic acids is 2. The summed E-state index contributed by atoms with van der Waals surface area (Å²) in [4.78, 5) is 23.0. The monoisotopic (exact) mass is 311 g/mol. The van der Waals surface area contributed by atoms with Gasteiger partial charge in [0.05, 0.1) is 7.11 Å². The second-order valence-electron chi connectivity index (χ2n) is 4.09. The minimum Gasteiger partial charge on any atom is -0.497 e. The van der Waals surface area contributed by atoms with E-state index in [-0.39, 0.29) is 4.99 Å². The predicted octanol–water partition coefficient (Wildman–Crippen LogP) is 0.552. The third-order valence-corrected chi connectivity index (χ3v) is 2.78. The van der Waals surface area contributed by atoms with Crippen molar-refractivity contribution < 1.29 is 19.1 Å². The molecule has 0 aliphatic carbocycles. The number of urea groups is 1. The first-order valence-electron chi connectivity index (χ1n) is 6.05. The molecule has 114 valence electrons. The minimum atomic E-state index is -0.881. The third kappa shape index (κ3) is 4.92. The molecule has 0 aromatic heterocycles. The van der Waals surface area contributed by atoms with E-state index in [0.717, 1.165) is 0 Å². The fourth-order valence-corrected chi connectivity index (χ4v) is 1.55. The van der Waals surface area contributed by atoms with Gasteiger partial charge >= 0.3 is 6.03 Å². The van der Waals surface area contributed by atoms with Crippen LogP contribution in [0.25, 0.3) is 0 Å². The van der Waals surface area contributed by atoms with Crippen LogP contribution < -0.4 is 25.8 Å². The second kappa shape index (κ2) is 7.44. The van der Waals surface area contributed by atoms with Crippen molar-refractivity contribution in [3.63, 3.8) is 0 Å². The van der Waals surface area contributed by atoms with Crippen molar-refractivity contribution >= 4 is 29.1 Å². The van der Waals surface area contributed by atoms with E-state index in [1.165, 1.54) is 21.1 Å². The number of thiocarbonyl (C=S) groups is 1. The lowest BCUT2D eigenvalue weighted by molar-refractivity contribution is -0.126. The maximum Gasteiger partial charge on any atom is 0.321 e. The van der Waals surface area contributed by atoms with Crippen LogP contribution in [0.4, 0.5) is 4.79 Å². The summed E-state index contributed by atoms with van der Waals surface area (Å²) in [5.74, 6) is 0.278. The zero-order valence-electron chi connectivity index (χ0n) is 11.9. The van der Waals surface area contributed by atoms with Crippen LogP contribution in [0.5, 0.6) is 11.5 Å². The van der Waals surface area contributed by atoms with E-state index in [0.29, 0.717) is 17.1 Å². The number of methoxy groups -OCH3 is 1. The van der Waals surface area contributed by atoms with E-state index in [2.05, 4.69) is 10.6 Å². The predicted molar refractivity (Wildman–Crippen MR) is 81.6 cm³/mol. The van der Waals surface area contributed by atoms with Gasteiger partial charge in [-0.3, -0.25) is 10.1 Å². The van der Waals surface area contributed by atoms with Gasteiger partial charge in [0.2, 0.25) is 0 Å².